The number of para-hydroxylation sites is 1. The van der Waals surface area contributed by atoms with Crippen LogP contribution >= 0.6 is 22.9 Å². The molecule has 1 aromatic carbocycles. The minimum Gasteiger partial charge on any atom is -0.259 e. The van der Waals surface area contributed by atoms with Gasteiger partial charge in [-0.05, 0) is 24.6 Å². The molecule has 0 spiro atoms. The molecule has 0 saturated carbocycles. The smallest absolute Gasteiger partial charge is 0.259 e. The van der Waals surface area contributed by atoms with E-state index in [9.17, 15) is 18.0 Å². The lowest BCUT2D eigenvalue weighted by molar-refractivity contribution is -0.134. The van der Waals surface area contributed by atoms with Crippen molar-refractivity contribution < 1.29 is 13.2 Å². The van der Waals surface area contributed by atoms with E-state index in [0.29, 0.717) is 17.0 Å². The highest BCUT2D eigenvalue weighted by Crippen LogP contribution is 2.40. The second-order valence-corrected chi connectivity index (χ2v) is 6.04. The van der Waals surface area contributed by atoms with E-state index in [1.165, 1.54) is 0 Å². The Labute approximate surface area is 131 Å². The first kappa shape index (κ1) is 15.1. The highest BCUT2D eigenvalue weighted by atomic mass is 35.5. The second kappa shape index (κ2) is 5.10. The molecule has 114 valence electrons. The molecular formula is C14H8ClF3N2OS. The van der Waals surface area contributed by atoms with Gasteiger partial charge in [0, 0.05) is 0 Å². The molecule has 3 nitrogen and oxygen atoms in total. The molecule has 0 aliphatic rings. The van der Waals surface area contributed by atoms with Gasteiger partial charge in [-0.2, -0.15) is 18.2 Å². The Balaban J connectivity index is 2.43. The van der Waals surface area contributed by atoms with E-state index in [2.05, 4.69) is 4.98 Å². The Hall–Kier alpha value is -1.86. The molecule has 0 bridgehead atoms. The maximum Gasteiger partial charge on any atom is 0.425 e. The Morgan fingerprint density at radius 1 is 1.27 bits per heavy atom. The summed E-state index contributed by atoms with van der Waals surface area (Å²) in [6, 6.07) is 7.82. The maximum atomic E-state index is 12.9. The number of fused-ring (bicyclic) bond motifs is 1. The first-order valence-electron chi connectivity index (χ1n) is 6.14. The lowest BCUT2D eigenvalue weighted by Crippen LogP contribution is -2.22. The van der Waals surface area contributed by atoms with Crippen LogP contribution in [0.4, 0.5) is 13.2 Å². The van der Waals surface area contributed by atoms with Crippen LogP contribution in [0.3, 0.4) is 0 Å². The van der Waals surface area contributed by atoms with E-state index in [1.54, 1.807) is 31.2 Å². The zero-order valence-electron chi connectivity index (χ0n) is 11.1. The molecule has 0 radical (unpaired) electrons. The van der Waals surface area contributed by atoms with Gasteiger partial charge in [0.15, 0.2) is 5.15 Å². The average molecular weight is 345 g/mol. The Morgan fingerprint density at radius 3 is 2.59 bits per heavy atom. The lowest BCUT2D eigenvalue weighted by atomic mass is 10.2. The van der Waals surface area contributed by atoms with Crippen LogP contribution in [-0.2, 0) is 6.18 Å². The van der Waals surface area contributed by atoms with Crippen molar-refractivity contribution in [2.24, 2.45) is 0 Å². The van der Waals surface area contributed by atoms with Crippen molar-refractivity contribution in [2.75, 3.05) is 0 Å². The van der Waals surface area contributed by atoms with E-state index in [1.807, 2.05) is 0 Å². The van der Waals surface area contributed by atoms with E-state index in [0.717, 1.165) is 16.2 Å². The van der Waals surface area contributed by atoms with Gasteiger partial charge in [0.05, 0.1) is 15.9 Å². The highest BCUT2D eigenvalue weighted by molar-refractivity contribution is 7.19. The Kier molecular flexibility index (Phi) is 3.49. The van der Waals surface area contributed by atoms with E-state index >= 15 is 0 Å². The SMILES string of the molecule is Cc1ccccc1-n1c(=O)nc(Cl)c2sc(C(F)(F)F)cc21. The molecule has 2 heterocycles. The monoisotopic (exact) mass is 344 g/mol. The van der Waals surface area contributed by atoms with Gasteiger partial charge in [0.25, 0.3) is 0 Å². The van der Waals surface area contributed by atoms with Crippen molar-refractivity contribution in [2.45, 2.75) is 13.1 Å². The van der Waals surface area contributed by atoms with Gasteiger partial charge in [-0.1, -0.05) is 29.8 Å². The summed E-state index contributed by atoms with van der Waals surface area (Å²) < 4.78 is 40.1. The van der Waals surface area contributed by atoms with Crippen molar-refractivity contribution in [3.63, 3.8) is 0 Å². The molecular weight excluding hydrogens is 337 g/mol. The van der Waals surface area contributed by atoms with Crippen LogP contribution in [0.5, 0.6) is 0 Å². The van der Waals surface area contributed by atoms with E-state index in [4.69, 9.17) is 11.6 Å². The minimum absolute atomic E-state index is 0.108. The van der Waals surface area contributed by atoms with Gasteiger partial charge in [-0.15, -0.1) is 11.3 Å². The normalized spacial score (nSPS) is 12.0. The summed E-state index contributed by atoms with van der Waals surface area (Å²) in [5.41, 5.74) is 0.623. The van der Waals surface area contributed by atoms with Crippen molar-refractivity contribution in [1.29, 1.82) is 0 Å². The van der Waals surface area contributed by atoms with Gasteiger partial charge >= 0.3 is 11.9 Å². The van der Waals surface area contributed by atoms with Gasteiger partial charge in [-0.3, -0.25) is 4.57 Å². The molecule has 22 heavy (non-hydrogen) atoms. The zero-order chi connectivity index (χ0) is 16.1. The van der Waals surface area contributed by atoms with Gasteiger partial charge < -0.3 is 0 Å². The maximum absolute atomic E-state index is 12.9. The summed E-state index contributed by atoms with van der Waals surface area (Å²) in [5, 5.41) is -0.217. The molecule has 8 heteroatoms. The predicted octanol–water partition coefficient (Wildman–Crippen LogP) is 4.43. The number of aromatic nitrogens is 2. The summed E-state index contributed by atoms with van der Waals surface area (Å²) in [5.74, 6) is 0. The standard InChI is InChI=1S/C14H8ClF3N2OS/c1-7-4-2-3-5-8(7)20-9-6-10(14(16,17)18)22-11(9)12(15)19-13(20)21/h2-6H,1H3. The van der Waals surface area contributed by atoms with Crippen LogP contribution in [0.15, 0.2) is 35.1 Å². The zero-order valence-corrected chi connectivity index (χ0v) is 12.7. The average Bonchev–Trinajstić information content (AvgIpc) is 2.86. The molecule has 3 aromatic rings. The summed E-state index contributed by atoms with van der Waals surface area (Å²) in [7, 11) is 0. The fourth-order valence-corrected chi connectivity index (χ4v) is 3.35. The first-order chi connectivity index (χ1) is 10.3. The van der Waals surface area contributed by atoms with Crippen molar-refractivity contribution in [3.05, 3.63) is 56.4 Å². The quantitative estimate of drug-likeness (QED) is 0.612. The van der Waals surface area contributed by atoms with E-state index < -0.39 is 16.7 Å². The van der Waals surface area contributed by atoms with Gasteiger partial charge in [-0.25, -0.2) is 4.79 Å². The van der Waals surface area contributed by atoms with Crippen LogP contribution in [0.1, 0.15) is 10.4 Å². The largest absolute Gasteiger partial charge is 0.425 e. The number of halogens is 4. The van der Waals surface area contributed by atoms with Crippen LogP contribution in [-0.4, -0.2) is 9.55 Å². The topological polar surface area (TPSA) is 34.9 Å². The molecule has 0 atom stereocenters. The third kappa shape index (κ3) is 2.40. The molecule has 0 amide bonds. The molecule has 0 saturated heterocycles. The highest BCUT2D eigenvalue weighted by Gasteiger charge is 2.34. The molecule has 0 aliphatic carbocycles. The number of rotatable bonds is 1. The number of alkyl halides is 3. The number of hydrogen-bond donors (Lipinski definition) is 0. The number of hydrogen-bond acceptors (Lipinski definition) is 3. The Morgan fingerprint density at radius 2 is 1.95 bits per heavy atom. The van der Waals surface area contributed by atoms with Crippen LogP contribution in [0.25, 0.3) is 15.9 Å². The summed E-state index contributed by atoms with van der Waals surface area (Å²) in [6.45, 7) is 1.76. The summed E-state index contributed by atoms with van der Waals surface area (Å²) in [6.07, 6.45) is -4.50. The molecule has 0 N–H and O–H groups in total. The summed E-state index contributed by atoms with van der Waals surface area (Å²) in [4.78, 5) is 15.0. The van der Waals surface area contributed by atoms with Crippen LogP contribution in [0.2, 0.25) is 5.15 Å². The third-order valence-corrected chi connectivity index (χ3v) is 4.72. The first-order valence-corrected chi connectivity index (χ1v) is 7.34. The number of benzene rings is 1. The molecule has 0 fully saturated rings. The van der Waals surface area contributed by atoms with Crippen LogP contribution < -0.4 is 5.69 Å². The molecule has 3 rings (SSSR count). The fraction of sp³-hybridized carbons (Fsp3) is 0.143. The van der Waals surface area contributed by atoms with Gasteiger partial charge in [0.2, 0.25) is 0 Å². The number of aryl methyl sites for hydroxylation is 1. The van der Waals surface area contributed by atoms with Crippen molar-refractivity contribution in [3.8, 4) is 5.69 Å². The van der Waals surface area contributed by atoms with E-state index in [-0.39, 0.29) is 15.4 Å². The molecule has 0 unspecified atom stereocenters. The van der Waals surface area contributed by atoms with Crippen LogP contribution in [0, 0.1) is 6.92 Å². The second-order valence-electron chi connectivity index (χ2n) is 4.63. The number of nitrogens with zero attached hydrogens (tertiary/aromatic N) is 2. The molecule has 2 aromatic heterocycles. The fourth-order valence-electron chi connectivity index (χ4n) is 2.17. The van der Waals surface area contributed by atoms with Crippen molar-refractivity contribution >= 4 is 33.2 Å². The predicted molar refractivity (Wildman–Crippen MR) is 80.0 cm³/mol. The third-order valence-electron chi connectivity index (χ3n) is 3.16. The van der Waals surface area contributed by atoms with Crippen molar-refractivity contribution in [1.82, 2.24) is 9.55 Å². The lowest BCUT2D eigenvalue weighted by Gasteiger charge is -2.10. The van der Waals surface area contributed by atoms with Gasteiger partial charge in [0.1, 0.15) is 4.88 Å². The summed E-state index contributed by atoms with van der Waals surface area (Å²) >= 11 is 6.32. The Bertz CT molecular complexity index is 930. The minimum atomic E-state index is -4.50. The molecule has 0 aliphatic heterocycles. The number of thiophene rings is 1.